The molecule has 9 heteroatoms. The third-order valence-electron chi connectivity index (χ3n) is 4.96. The molecule has 1 aliphatic rings. The van der Waals surface area contributed by atoms with Crippen LogP contribution in [-0.4, -0.2) is 46.0 Å². The molecule has 1 fully saturated rings. The second kappa shape index (κ2) is 8.40. The standard InChI is InChI=1S/C21H23N5O4/c1-29-17-8-5-14(12-18(17)30-2)20(27)23-10-11-25-21(28)26(16-6-7-16)19(24-25)15-4-3-9-22-13-15/h3-5,8-9,12-13,16H,6-7,10-11H2,1-2H3,(H,23,27). The highest BCUT2D eigenvalue weighted by Crippen LogP contribution is 2.36. The van der Waals surface area contributed by atoms with Crippen LogP contribution in [0.2, 0.25) is 0 Å². The second-order valence-corrected chi connectivity index (χ2v) is 7.00. The summed E-state index contributed by atoms with van der Waals surface area (Å²) in [6.45, 7) is 0.534. The molecule has 0 unspecified atom stereocenters. The predicted octanol–water partition coefficient (Wildman–Crippen LogP) is 1.89. The van der Waals surface area contributed by atoms with Gasteiger partial charge in [0.2, 0.25) is 0 Å². The Kier molecular flexibility index (Phi) is 5.51. The molecule has 1 saturated carbocycles. The number of carbonyl (C=O) groups excluding carboxylic acids is 1. The van der Waals surface area contributed by atoms with Gasteiger partial charge in [-0.1, -0.05) is 0 Å². The van der Waals surface area contributed by atoms with Crippen molar-refractivity contribution in [2.24, 2.45) is 0 Å². The number of nitrogens with one attached hydrogen (secondary N) is 1. The Morgan fingerprint density at radius 3 is 2.67 bits per heavy atom. The predicted molar refractivity (Wildman–Crippen MR) is 110 cm³/mol. The molecule has 9 nitrogen and oxygen atoms in total. The minimum absolute atomic E-state index is 0.170. The average molecular weight is 409 g/mol. The Labute approximate surface area is 173 Å². The molecule has 1 aromatic carbocycles. The van der Waals surface area contributed by atoms with Gasteiger partial charge in [-0.2, -0.15) is 0 Å². The summed E-state index contributed by atoms with van der Waals surface area (Å²) >= 11 is 0. The van der Waals surface area contributed by atoms with Crippen LogP contribution in [0.1, 0.15) is 29.2 Å². The molecule has 0 spiro atoms. The van der Waals surface area contributed by atoms with Crippen LogP contribution in [0.25, 0.3) is 11.4 Å². The summed E-state index contributed by atoms with van der Waals surface area (Å²) in [5.74, 6) is 1.37. The number of ether oxygens (including phenoxy) is 2. The minimum atomic E-state index is -0.266. The van der Waals surface area contributed by atoms with E-state index >= 15 is 0 Å². The molecule has 0 atom stereocenters. The van der Waals surface area contributed by atoms with Gasteiger partial charge in [-0.3, -0.25) is 14.3 Å². The second-order valence-electron chi connectivity index (χ2n) is 7.00. The van der Waals surface area contributed by atoms with E-state index in [-0.39, 0.29) is 30.7 Å². The molecular formula is C21H23N5O4. The lowest BCUT2D eigenvalue weighted by Gasteiger charge is -2.10. The summed E-state index contributed by atoms with van der Waals surface area (Å²) in [6.07, 6.45) is 5.32. The fraction of sp³-hybridized carbons (Fsp3) is 0.333. The summed E-state index contributed by atoms with van der Waals surface area (Å²) in [5.41, 5.74) is 1.07. The molecule has 2 heterocycles. The molecule has 0 saturated heterocycles. The zero-order valence-corrected chi connectivity index (χ0v) is 16.9. The van der Waals surface area contributed by atoms with Crippen molar-refractivity contribution >= 4 is 5.91 Å². The van der Waals surface area contributed by atoms with Crippen molar-refractivity contribution in [3.8, 4) is 22.9 Å². The first kappa shape index (κ1) is 19.7. The van der Waals surface area contributed by atoms with Crippen LogP contribution in [0, 0.1) is 0 Å². The number of hydrogen-bond acceptors (Lipinski definition) is 6. The molecule has 3 aromatic rings. The van der Waals surface area contributed by atoms with Gasteiger partial charge >= 0.3 is 5.69 Å². The number of methoxy groups -OCH3 is 2. The van der Waals surface area contributed by atoms with Gasteiger partial charge < -0.3 is 14.8 Å². The maximum absolute atomic E-state index is 12.8. The highest BCUT2D eigenvalue weighted by Gasteiger charge is 2.30. The first-order chi connectivity index (χ1) is 14.6. The zero-order chi connectivity index (χ0) is 21.1. The lowest BCUT2D eigenvalue weighted by Crippen LogP contribution is -2.32. The number of aromatic nitrogens is 4. The fourth-order valence-corrected chi connectivity index (χ4v) is 3.27. The topological polar surface area (TPSA) is 100 Å². The molecule has 1 aliphatic carbocycles. The molecule has 30 heavy (non-hydrogen) atoms. The number of carbonyl (C=O) groups is 1. The van der Waals surface area contributed by atoms with Crippen LogP contribution < -0.4 is 20.5 Å². The van der Waals surface area contributed by atoms with Crippen molar-refractivity contribution in [3.05, 3.63) is 58.8 Å². The van der Waals surface area contributed by atoms with E-state index in [2.05, 4.69) is 15.4 Å². The molecule has 0 bridgehead atoms. The van der Waals surface area contributed by atoms with E-state index in [9.17, 15) is 9.59 Å². The summed E-state index contributed by atoms with van der Waals surface area (Å²) in [6, 6.07) is 8.84. The summed E-state index contributed by atoms with van der Waals surface area (Å²) in [4.78, 5) is 29.4. The van der Waals surface area contributed by atoms with Crippen molar-refractivity contribution in [1.29, 1.82) is 0 Å². The van der Waals surface area contributed by atoms with E-state index in [1.165, 1.54) is 18.9 Å². The minimum Gasteiger partial charge on any atom is -0.493 e. The Morgan fingerprint density at radius 2 is 2.00 bits per heavy atom. The molecule has 0 aliphatic heterocycles. The van der Waals surface area contributed by atoms with Gasteiger partial charge in [0.05, 0.1) is 20.8 Å². The van der Waals surface area contributed by atoms with Gasteiger partial charge in [-0.15, -0.1) is 5.10 Å². The average Bonchev–Trinajstić information content (AvgIpc) is 3.57. The summed E-state index contributed by atoms with van der Waals surface area (Å²) < 4.78 is 13.5. The largest absolute Gasteiger partial charge is 0.493 e. The first-order valence-corrected chi connectivity index (χ1v) is 9.72. The molecular weight excluding hydrogens is 386 g/mol. The van der Waals surface area contributed by atoms with Gasteiger partial charge in [-0.25, -0.2) is 9.48 Å². The monoisotopic (exact) mass is 409 g/mol. The number of rotatable bonds is 8. The molecule has 2 aromatic heterocycles. The lowest BCUT2D eigenvalue weighted by molar-refractivity contribution is 0.0951. The lowest BCUT2D eigenvalue weighted by atomic mass is 10.2. The van der Waals surface area contributed by atoms with Gasteiger partial charge in [0, 0.05) is 36.1 Å². The van der Waals surface area contributed by atoms with Gasteiger partial charge in [0.1, 0.15) is 0 Å². The van der Waals surface area contributed by atoms with Crippen LogP contribution in [0.15, 0.2) is 47.5 Å². The van der Waals surface area contributed by atoms with E-state index in [0.29, 0.717) is 22.9 Å². The number of amides is 1. The van der Waals surface area contributed by atoms with Crippen LogP contribution in [0.4, 0.5) is 0 Å². The maximum Gasteiger partial charge on any atom is 0.346 e. The number of benzene rings is 1. The van der Waals surface area contributed by atoms with Crippen molar-refractivity contribution < 1.29 is 14.3 Å². The van der Waals surface area contributed by atoms with Crippen LogP contribution >= 0.6 is 0 Å². The van der Waals surface area contributed by atoms with Crippen molar-refractivity contribution in [3.63, 3.8) is 0 Å². The molecule has 4 rings (SSSR count). The molecule has 0 radical (unpaired) electrons. The normalized spacial score (nSPS) is 13.1. The van der Waals surface area contributed by atoms with E-state index < -0.39 is 0 Å². The molecule has 156 valence electrons. The van der Waals surface area contributed by atoms with Crippen LogP contribution in [-0.2, 0) is 6.54 Å². The fourth-order valence-electron chi connectivity index (χ4n) is 3.27. The molecule has 1 N–H and O–H groups in total. The Bertz CT molecular complexity index is 1100. The maximum atomic E-state index is 12.8. The number of hydrogen-bond donors (Lipinski definition) is 1. The summed E-state index contributed by atoms with van der Waals surface area (Å²) in [7, 11) is 3.05. The van der Waals surface area contributed by atoms with E-state index in [4.69, 9.17) is 9.47 Å². The van der Waals surface area contributed by atoms with Crippen LogP contribution in [0.3, 0.4) is 0 Å². The quantitative estimate of drug-likeness (QED) is 0.610. The van der Waals surface area contributed by atoms with Crippen molar-refractivity contribution in [1.82, 2.24) is 24.6 Å². The van der Waals surface area contributed by atoms with Crippen molar-refractivity contribution in [2.75, 3.05) is 20.8 Å². The third-order valence-corrected chi connectivity index (χ3v) is 4.96. The Balaban J connectivity index is 1.47. The van der Waals surface area contributed by atoms with Crippen molar-refractivity contribution in [2.45, 2.75) is 25.4 Å². The number of nitrogens with zero attached hydrogens (tertiary/aromatic N) is 4. The smallest absolute Gasteiger partial charge is 0.346 e. The SMILES string of the molecule is COc1ccc(C(=O)NCCn2nc(-c3cccnc3)n(C3CC3)c2=O)cc1OC. The van der Waals surface area contributed by atoms with E-state index in [1.54, 1.807) is 35.2 Å². The zero-order valence-electron chi connectivity index (χ0n) is 16.9. The van der Waals surface area contributed by atoms with Gasteiger partial charge in [-0.05, 0) is 43.2 Å². The van der Waals surface area contributed by atoms with E-state index in [0.717, 1.165) is 18.4 Å². The highest BCUT2D eigenvalue weighted by atomic mass is 16.5. The van der Waals surface area contributed by atoms with Gasteiger partial charge in [0.15, 0.2) is 17.3 Å². The molecule has 1 amide bonds. The Hall–Kier alpha value is -3.62. The highest BCUT2D eigenvalue weighted by molar-refractivity contribution is 5.94. The van der Waals surface area contributed by atoms with E-state index in [1.807, 2.05) is 12.1 Å². The number of pyridine rings is 1. The van der Waals surface area contributed by atoms with Gasteiger partial charge in [0.25, 0.3) is 5.91 Å². The summed E-state index contributed by atoms with van der Waals surface area (Å²) in [5, 5.41) is 7.32. The van der Waals surface area contributed by atoms with Crippen LogP contribution in [0.5, 0.6) is 11.5 Å². The first-order valence-electron chi connectivity index (χ1n) is 9.72. The Morgan fingerprint density at radius 1 is 1.20 bits per heavy atom. The third kappa shape index (κ3) is 3.91.